The van der Waals surface area contributed by atoms with Gasteiger partial charge in [-0.1, -0.05) is 19.8 Å². The van der Waals surface area contributed by atoms with Crippen molar-refractivity contribution in [3.8, 4) is 0 Å². The summed E-state index contributed by atoms with van der Waals surface area (Å²) in [5.41, 5.74) is 1.00. The fraction of sp³-hybridized carbons (Fsp3) is 0.714. The zero-order valence-electron chi connectivity index (χ0n) is 11.7. The third kappa shape index (κ3) is 3.34. The maximum atomic E-state index is 4.48. The largest absolute Gasteiger partial charge is 0.370 e. The van der Waals surface area contributed by atoms with Crippen LogP contribution in [0.2, 0.25) is 0 Å². The van der Waals surface area contributed by atoms with Crippen LogP contribution in [-0.4, -0.2) is 23.1 Å². The summed E-state index contributed by atoms with van der Waals surface area (Å²) in [4.78, 5) is 8.83. The second-order valence-corrected chi connectivity index (χ2v) is 5.30. The molecule has 1 aromatic rings. The Balaban J connectivity index is 1.95. The maximum Gasteiger partial charge on any atom is 0.224 e. The molecule has 2 atom stereocenters. The van der Waals surface area contributed by atoms with Gasteiger partial charge >= 0.3 is 0 Å². The zero-order chi connectivity index (χ0) is 13.0. The van der Waals surface area contributed by atoms with E-state index in [0.29, 0.717) is 0 Å². The molecule has 1 aromatic heterocycles. The molecule has 0 spiro atoms. The molecule has 0 amide bonds. The average Bonchev–Trinajstić information content (AvgIpc) is 2.72. The molecule has 1 heterocycles. The van der Waals surface area contributed by atoms with E-state index in [-0.39, 0.29) is 0 Å². The minimum absolute atomic E-state index is 0.722. The molecule has 0 aliphatic heterocycles. The summed E-state index contributed by atoms with van der Waals surface area (Å²) in [6.07, 6.45) is 4.09. The first kappa shape index (κ1) is 13.1. The lowest BCUT2D eigenvalue weighted by atomic mass is 9.98. The predicted molar refractivity (Wildman–Crippen MR) is 75.9 cm³/mol. The normalized spacial score (nSPS) is 23.1. The fourth-order valence-electron chi connectivity index (χ4n) is 2.66. The van der Waals surface area contributed by atoms with Crippen molar-refractivity contribution in [3.63, 3.8) is 0 Å². The number of hydrogen-bond donors (Lipinski definition) is 2. The highest BCUT2D eigenvalue weighted by Gasteiger charge is 2.22. The van der Waals surface area contributed by atoms with E-state index in [1.54, 1.807) is 0 Å². The highest BCUT2D eigenvalue weighted by molar-refractivity contribution is 5.42. The van der Waals surface area contributed by atoms with Crippen molar-refractivity contribution in [2.75, 3.05) is 23.7 Å². The Labute approximate surface area is 110 Å². The van der Waals surface area contributed by atoms with Crippen LogP contribution in [0.1, 0.15) is 38.8 Å². The van der Waals surface area contributed by atoms with Gasteiger partial charge in [-0.25, -0.2) is 4.98 Å². The monoisotopic (exact) mass is 248 g/mol. The van der Waals surface area contributed by atoms with Crippen molar-refractivity contribution in [2.45, 2.75) is 40.0 Å². The molecule has 0 saturated heterocycles. The van der Waals surface area contributed by atoms with Gasteiger partial charge in [0.15, 0.2) is 0 Å². The fourth-order valence-corrected chi connectivity index (χ4v) is 2.66. The van der Waals surface area contributed by atoms with E-state index in [2.05, 4.69) is 34.4 Å². The average molecular weight is 248 g/mol. The minimum Gasteiger partial charge on any atom is -0.370 e. The third-order valence-corrected chi connectivity index (χ3v) is 3.77. The Bertz CT molecular complexity index is 391. The van der Waals surface area contributed by atoms with E-state index in [9.17, 15) is 0 Å². The van der Waals surface area contributed by atoms with Gasteiger partial charge in [0, 0.05) is 24.8 Å². The van der Waals surface area contributed by atoms with Crippen molar-refractivity contribution < 1.29 is 0 Å². The number of rotatable bonds is 5. The summed E-state index contributed by atoms with van der Waals surface area (Å²) >= 11 is 0. The topological polar surface area (TPSA) is 49.8 Å². The van der Waals surface area contributed by atoms with Crippen molar-refractivity contribution in [1.82, 2.24) is 9.97 Å². The van der Waals surface area contributed by atoms with Crippen LogP contribution in [0.3, 0.4) is 0 Å². The molecule has 2 unspecified atom stereocenters. The summed E-state index contributed by atoms with van der Waals surface area (Å²) in [6, 6.07) is 2.01. The number of nitrogens with zero attached hydrogens (tertiary/aromatic N) is 2. The Hall–Kier alpha value is -1.32. The molecule has 4 nitrogen and oxygen atoms in total. The maximum absolute atomic E-state index is 4.48. The lowest BCUT2D eigenvalue weighted by molar-refractivity contribution is 0.439. The van der Waals surface area contributed by atoms with Crippen LogP contribution in [0.25, 0.3) is 0 Å². The van der Waals surface area contributed by atoms with E-state index in [1.165, 1.54) is 19.3 Å². The molecular formula is C14H24N4. The van der Waals surface area contributed by atoms with Gasteiger partial charge in [-0.05, 0) is 32.1 Å². The Morgan fingerprint density at radius 2 is 2.11 bits per heavy atom. The molecule has 4 heteroatoms. The van der Waals surface area contributed by atoms with Gasteiger partial charge in [-0.3, -0.25) is 0 Å². The van der Waals surface area contributed by atoms with E-state index >= 15 is 0 Å². The molecule has 2 N–H and O–H groups in total. The molecule has 1 aliphatic carbocycles. The Kier molecular flexibility index (Phi) is 4.39. The first-order valence-electron chi connectivity index (χ1n) is 7.02. The molecule has 2 rings (SSSR count). The molecular weight excluding hydrogens is 224 g/mol. The molecule has 0 aromatic carbocycles. The lowest BCUT2D eigenvalue weighted by Gasteiger charge is -2.16. The smallest absolute Gasteiger partial charge is 0.224 e. The van der Waals surface area contributed by atoms with Gasteiger partial charge < -0.3 is 10.6 Å². The third-order valence-electron chi connectivity index (χ3n) is 3.77. The molecule has 100 valence electrons. The van der Waals surface area contributed by atoms with E-state index in [0.717, 1.165) is 42.4 Å². The van der Waals surface area contributed by atoms with Crippen molar-refractivity contribution >= 4 is 11.8 Å². The highest BCUT2D eigenvalue weighted by atomic mass is 15.1. The Morgan fingerprint density at radius 3 is 2.78 bits per heavy atom. The summed E-state index contributed by atoms with van der Waals surface area (Å²) in [5, 5.41) is 6.63. The summed E-state index contributed by atoms with van der Waals surface area (Å²) in [5.74, 6) is 3.30. The van der Waals surface area contributed by atoms with Gasteiger partial charge in [0.1, 0.15) is 5.82 Å². The van der Waals surface area contributed by atoms with Crippen LogP contribution in [0.5, 0.6) is 0 Å². The van der Waals surface area contributed by atoms with E-state index < -0.39 is 0 Å². The number of hydrogen-bond acceptors (Lipinski definition) is 4. The molecule has 18 heavy (non-hydrogen) atoms. The van der Waals surface area contributed by atoms with Crippen LogP contribution in [0.4, 0.5) is 11.8 Å². The van der Waals surface area contributed by atoms with Gasteiger partial charge in [0.2, 0.25) is 5.95 Å². The molecule has 0 radical (unpaired) electrons. The first-order chi connectivity index (χ1) is 8.69. The quantitative estimate of drug-likeness (QED) is 0.841. The van der Waals surface area contributed by atoms with Crippen LogP contribution in [0, 0.1) is 18.8 Å². The van der Waals surface area contributed by atoms with Crippen molar-refractivity contribution in [3.05, 3.63) is 11.8 Å². The number of aryl methyl sites for hydroxylation is 1. The van der Waals surface area contributed by atoms with Crippen LogP contribution < -0.4 is 10.6 Å². The van der Waals surface area contributed by atoms with E-state index in [4.69, 9.17) is 0 Å². The predicted octanol–water partition coefficient (Wildman–Crippen LogP) is 3.06. The molecule has 1 aliphatic rings. The highest BCUT2D eigenvalue weighted by Crippen LogP contribution is 2.31. The number of nitrogens with one attached hydrogen (secondary N) is 2. The summed E-state index contributed by atoms with van der Waals surface area (Å²) < 4.78 is 0. The second-order valence-electron chi connectivity index (χ2n) is 5.30. The van der Waals surface area contributed by atoms with Gasteiger partial charge in [0.25, 0.3) is 0 Å². The Morgan fingerprint density at radius 1 is 1.28 bits per heavy atom. The van der Waals surface area contributed by atoms with Gasteiger partial charge in [-0.15, -0.1) is 0 Å². The molecule has 1 saturated carbocycles. The molecule has 1 fully saturated rings. The van der Waals surface area contributed by atoms with Crippen molar-refractivity contribution in [2.24, 2.45) is 11.8 Å². The van der Waals surface area contributed by atoms with Crippen LogP contribution >= 0.6 is 0 Å². The molecule has 0 bridgehead atoms. The number of anilines is 2. The minimum atomic E-state index is 0.722. The van der Waals surface area contributed by atoms with Gasteiger partial charge in [-0.2, -0.15) is 4.98 Å². The van der Waals surface area contributed by atoms with Crippen molar-refractivity contribution in [1.29, 1.82) is 0 Å². The first-order valence-corrected chi connectivity index (χ1v) is 7.02. The van der Waals surface area contributed by atoms with E-state index in [1.807, 2.05) is 13.0 Å². The summed E-state index contributed by atoms with van der Waals surface area (Å²) in [7, 11) is 0. The summed E-state index contributed by atoms with van der Waals surface area (Å²) in [6.45, 7) is 8.30. The SMILES string of the molecule is CCNc1nc(C)cc(NCC2CCCC2C)n1. The standard InChI is InChI=1S/C14H24N4/c1-4-15-14-17-11(3)8-13(18-14)16-9-12-7-5-6-10(12)2/h8,10,12H,4-7,9H2,1-3H3,(H2,15,16,17,18). The second kappa shape index (κ2) is 6.03. The van der Waals surface area contributed by atoms with Gasteiger partial charge in [0.05, 0.1) is 0 Å². The zero-order valence-corrected chi connectivity index (χ0v) is 11.7. The number of aromatic nitrogens is 2. The lowest BCUT2D eigenvalue weighted by Crippen LogP contribution is -2.17. The van der Waals surface area contributed by atoms with Crippen LogP contribution in [0.15, 0.2) is 6.07 Å². The van der Waals surface area contributed by atoms with Crippen LogP contribution in [-0.2, 0) is 0 Å².